The number of nitrogens with one attached hydrogen (secondary N) is 1. The first-order valence-corrected chi connectivity index (χ1v) is 7.79. The van der Waals surface area contributed by atoms with Crippen molar-refractivity contribution >= 4 is 11.6 Å². The molecule has 0 aliphatic carbocycles. The summed E-state index contributed by atoms with van der Waals surface area (Å²) < 4.78 is 0. The number of para-hydroxylation sites is 1. The molecule has 1 atom stereocenters. The molecular weight excluding hydrogens is 260 g/mol. The molecule has 118 valence electrons. The van der Waals surface area contributed by atoms with E-state index in [9.17, 15) is 0 Å². The van der Waals surface area contributed by atoms with Gasteiger partial charge in [-0.2, -0.15) is 0 Å². The molecule has 0 heterocycles. The molecule has 1 aromatic carbocycles. The molecule has 0 aliphatic heterocycles. The van der Waals surface area contributed by atoms with Crippen molar-refractivity contribution in [3.8, 4) is 0 Å². The summed E-state index contributed by atoms with van der Waals surface area (Å²) in [5.41, 5.74) is 1.24. The number of rotatable bonds is 7. The molecule has 4 nitrogen and oxygen atoms in total. The first-order chi connectivity index (χ1) is 10.1. The lowest BCUT2D eigenvalue weighted by molar-refractivity contribution is 0.461. The molecule has 0 aromatic heterocycles. The van der Waals surface area contributed by atoms with Crippen molar-refractivity contribution in [3.05, 3.63) is 30.3 Å². The van der Waals surface area contributed by atoms with Gasteiger partial charge in [-0.15, -0.1) is 0 Å². The monoisotopic (exact) mass is 290 g/mol. The predicted molar refractivity (Wildman–Crippen MR) is 93.2 cm³/mol. The van der Waals surface area contributed by atoms with E-state index in [-0.39, 0.29) is 0 Å². The molecule has 1 rings (SSSR count). The summed E-state index contributed by atoms with van der Waals surface area (Å²) in [6.07, 6.45) is 2.39. The smallest absolute Gasteiger partial charge is 0.193 e. The van der Waals surface area contributed by atoms with Crippen molar-refractivity contribution in [1.82, 2.24) is 10.2 Å². The van der Waals surface area contributed by atoms with Gasteiger partial charge in [0.05, 0.1) is 0 Å². The summed E-state index contributed by atoms with van der Waals surface area (Å²) in [6, 6.07) is 10.9. The third kappa shape index (κ3) is 5.66. The molecule has 0 spiro atoms. The van der Waals surface area contributed by atoms with Crippen molar-refractivity contribution in [2.45, 2.75) is 32.7 Å². The highest BCUT2D eigenvalue weighted by Gasteiger charge is 2.11. The van der Waals surface area contributed by atoms with Crippen LogP contribution in [0.5, 0.6) is 0 Å². The van der Waals surface area contributed by atoms with E-state index in [0.717, 1.165) is 19.0 Å². The number of benzene rings is 1. The Balaban J connectivity index is 2.49. The maximum Gasteiger partial charge on any atom is 0.193 e. The van der Waals surface area contributed by atoms with Crippen LogP contribution in [0.4, 0.5) is 5.69 Å². The van der Waals surface area contributed by atoms with Gasteiger partial charge in [-0.25, -0.2) is 0 Å². The predicted octanol–water partition coefficient (Wildman–Crippen LogP) is 2.82. The molecule has 0 saturated carbocycles. The van der Waals surface area contributed by atoms with Crippen LogP contribution < -0.4 is 10.2 Å². The fourth-order valence-corrected chi connectivity index (χ4v) is 2.18. The van der Waals surface area contributed by atoms with E-state index in [1.807, 2.05) is 13.1 Å². The van der Waals surface area contributed by atoms with Gasteiger partial charge in [0, 0.05) is 46.0 Å². The van der Waals surface area contributed by atoms with Gasteiger partial charge in [-0.05, 0) is 25.5 Å². The molecule has 21 heavy (non-hydrogen) atoms. The normalized spacial score (nSPS) is 12.9. The minimum Gasteiger partial charge on any atom is -0.370 e. The first-order valence-electron chi connectivity index (χ1n) is 7.79. The minimum atomic E-state index is 0.392. The molecular formula is C17H30N4. The van der Waals surface area contributed by atoms with Crippen LogP contribution in [0.1, 0.15) is 26.7 Å². The van der Waals surface area contributed by atoms with E-state index >= 15 is 0 Å². The van der Waals surface area contributed by atoms with E-state index in [4.69, 9.17) is 0 Å². The second kappa shape index (κ2) is 9.27. The number of unbranched alkanes of at least 4 members (excludes halogenated alkanes) is 1. The summed E-state index contributed by atoms with van der Waals surface area (Å²) in [7, 11) is 6.07. The Labute approximate surface area is 129 Å². The van der Waals surface area contributed by atoms with Crippen LogP contribution in [0.3, 0.4) is 0 Å². The average Bonchev–Trinajstić information content (AvgIpc) is 2.53. The van der Waals surface area contributed by atoms with Crippen molar-refractivity contribution in [3.63, 3.8) is 0 Å². The van der Waals surface area contributed by atoms with E-state index in [1.165, 1.54) is 18.5 Å². The number of likely N-dealkylation sites (N-methyl/N-ethyl adjacent to an activating group) is 1. The number of aliphatic imine (C=N–C) groups is 1. The molecule has 1 unspecified atom stereocenters. The Morgan fingerprint density at radius 3 is 2.48 bits per heavy atom. The number of anilines is 1. The van der Waals surface area contributed by atoms with Gasteiger partial charge in [-0.3, -0.25) is 4.99 Å². The van der Waals surface area contributed by atoms with Gasteiger partial charge in [0.2, 0.25) is 0 Å². The molecule has 0 saturated heterocycles. The maximum atomic E-state index is 4.36. The van der Waals surface area contributed by atoms with E-state index in [0.29, 0.717) is 6.04 Å². The average molecular weight is 290 g/mol. The number of hydrogen-bond acceptors (Lipinski definition) is 2. The highest BCUT2D eigenvalue weighted by molar-refractivity contribution is 5.79. The zero-order valence-electron chi connectivity index (χ0n) is 14.1. The molecule has 1 aromatic rings. The van der Waals surface area contributed by atoms with Crippen LogP contribution in [0.2, 0.25) is 0 Å². The number of nitrogens with zero attached hydrogens (tertiary/aromatic N) is 3. The van der Waals surface area contributed by atoms with E-state index in [2.05, 4.69) is 72.3 Å². The van der Waals surface area contributed by atoms with Crippen LogP contribution in [-0.2, 0) is 0 Å². The molecule has 1 N–H and O–H groups in total. The summed E-state index contributed by atoms with van der Waals surface area (Å²) >= 11 is 0. The van der Waals surface area contributed by atoms with Gasteiger partial charge in [-0.1, -0.05) is 31.5 Å². The Bertz CT molecular complexity index is 416. The Hall–Kier alpha value is -1.71. The third-order valence-corrected chi connectivity index (χ3v) is 3.80. The summed E-state index contributed by atoms with van der Waals surface area (Å²) in [5.74, 6) is 0.969. The molecule has 0 radical (unpaired) electrons. The first kappa shape index (κ1) is 17.3. The second-order valence-electron chi connectivity index (χ2n) is 5.50. The largest absolute Gasteiger partial charge is 0.370 e. The lowest BCUT2D eigenvalue weighted by Crippen LogP contribution is -2.45. The van der Waals surface area contributed by atoms with Crippen LogP contribution in [0, 0.1) is 0 Å². The summed E-state index contributed by atoms with van der Waals surface area (Å²) in [5, 5.41) is 3.46. The lowest BCUT2D eigenvalue weighted by Gasteiger charge is -2.29. The van der Waals surface area contributed by atoms with Crippen LogP contribution >= 0.6 is 0 Å². The maximum absolute atomic E-state index is 4.36. The fourth-order valence-electron chi connectivity index (χ4n) is 2.18. The van der Waals surface area contributed by atoms with Crippen molar-refractivity contribution in [2.24, 2.45) is 4.99 Å². The van der Waals surface area contributed by atoms with E-state index in [1.54, 1.807) is 0 Å². The molecule has 0 bridgehead atoms. The minimum absolute atomic E-state index is 0.392. The van der Waals surface area contributed by atoms with Crippen LogP contribution in [0.25, 0.3) is 0 Å². The van der Waals surface area contributed by atoms with Gasteiger partial charge >= 0.3 is 0 Å². The molecule has 4 heteroatoms. The second-order valence-corrected chi connectivity index (χ2v) is 5.50. The zero-order valence-corrected chi connectivity index (χ0v) is 14.1. The Morgan fingerprint density at radius 1 is 1.24 bits per heavy atom. The van der Waals surface area contributed by atoms with Crippen molar-refractivity contribution < 1.29 is 0 Å². The van der Waals surface area contributed by atoms with Gasteiger partial charge in [0.1, 0.15) is 0 Å². The Kier molecular flexibility index (Phi) is 7.65. The van der Waals surface area contributed by atoms with Gasteiger partial charge in [0.25, 0.3) is 0 Å². The van der Waals surface area contributed by atoms with Crippen LogP contribution in [-0.4, -0.2) is 51.1 Å². The molecule has 0 aliphatic rings. The Morgan fingerprint density at radius 2 is 1.90 bits per heavy atom. The standard InChI is InChI=1S/C17H30N4/c1-6-7-13-20(4)17(18-3)19-14-15(2)21(5)16-11-9-8-10-12-16/h8-12,15H,6-7,13-14H2,1-5H3,(H,18,19). The van der Waals surface area contributed by atoms with E-state index < -0.39 is 0 Å². The van der Waals surface area contributed by atoms with Crippen LogP contribution in [0.15, 0.2) is 35.3 Å². The molecule has 0 amide bonds. The zero-order chi connectivity index (χ0) is 15.7. The van der Waals surface area contributed by atoms with Crippen molar-refractivity contribution in [1.29, 1.82) is 0 Å². The quantitative estimate of drug-likeness (QED) is 0.619. The third-order valence-electron chi connectivity index (χ3n) is 3.80. The summed E-state index contributed by atoms with van der Waals surface area (Å²) in [6.45, 7) is 6.34. The molecule has 0 fully saturated rings. The fraction of sp³-hybridized carbons (Fsp3) is 0.588. The highest BCUT2D eigenvalue weighted by Crippen LogP contribution is 2.13. The number of hydrogen-bond donors (Lipinski definition) is 1. The topological polar surface area (TPSA) is 30.9 Å². The number of guanidine groups is 1. The lowest BCUT2D eigenvalue weighted by atomic mass is 10.2. The SMILES string of the molecule is CCCCN(C)C(=NC)NCC(C)N(C)c1ccccc1. The van der Waals surface area contributed by atoms with Gasteiger partial charge < -0.3 is 15.1 Å². The summed E-state index contributed by atoms with van der Waals surface area (Å²) in [4.78, 5) is 8.84. The van der Waals surface area contributed by atoms with Crippen molar-refractivity contribution in [2.75, 3.05) is 39.1 Å². The highest BCUT2D eigenvalue weighted by atomic mass is 15.3. The van der Waals surface area contributed by atoms with Gasteiger partial charge in [0.15, 0.2) is 5.96 Å².